The predicted octanol–water partition coefficient (Wildman–Crippen LogP) is 2.83. The van der Waals surface area contributed by atoms with Crippen molar-refractivity contribution in [3.05, 3.63) is 22.8 Å². The Bertz CT molecular complexity index is 601. The first-order valence-corrected chi connectivity index (χ1v) is 7.11. The van der Waals surface area contributed by atoms with Crippen LogP contribution in [0.3, 0.4) is 0 Å². The van der Waals surface area contributed by atoms with Gasteiger partial charge in [0.2, 0.25) is 0 Å². The standard InChI is InChI=1S/C13H13ClF3N3O2/c14-9-5-8(13(15,16)17)6-18-10(9)20-3-1-12(2-4-20)7-19-11(21)22-12/h5-6H,1-4,7H2,(H,19,21). The molecule has 1 aromatic heterocycles. The maximum absolute atomic E-state index is 12.6. The maximum Gasteiger partial charge on any atom is 0.417 e. The number of pyridine rings is 1. The largest absolute Gasteiger partial charge is 0.441 e. The van der Waals surface area contributed by atoms with E-state index in [4.69, 9.17) is 16.3 Å². The van der Waals surface area contributed by atoms with E-state index >= 15 is 0 Å². The molecule has 2 fully saturated rings. The summed E-state index contributed by atoms with van der Waals surface area (Å²) < 4.78 is 43.1. The zero-order chi connectivity index (χ0) is 16.0. The molecule has 2 aliphatic heterocycles. The van der Waals surface area contributed by atoms with Gasteiger partial charge >= 0.3 is 12.3 Å². The summed E-state index contributed by atoms with van der Waals surface area (Å²) in [6.45, 7) is 1.47. The van der Waals surface area contributed by atoms with E-state index in [1.807, 2.05) is 0 Å². The van der Waals surface area contributed by atoms with E-state index < -0.39 is 23.4 Å². The number of ether oxygens (including phenoxy) is 1. The first-order chi connectivity index (χ1) is 10.3. The van der Waals surface area contributed by atoms with E-state index in [-0.39, 0.29) is 5.02 Å². The highest BCUT2D eigenvalue weighted by Crippen LogP contribution is 2.36. The first kappa shape index (κ1) is 15.2. The summed E-state index contributed by atoms with van der Waals surface area (Å²) in [4.78, 5) is 16.8. The number of alkyl halides is 3. The first-order valence-electron chi connectivity index (χ1n) is 6.74. The van der Waals surface area contributed by atoms with Gasteiger partial charge in [0.05, 0.1) is 17.1 Å². The van der Waals surface area contributed by atoms with E-state index in [1.54, 1.807) is 4.90 Å². The molecule has 3 heterocycles. The van der Waals surface area contributed by atoms with E-state index in [0.29, 0.717) is 38.3 Å². The van der Waals surface area contributed by atoms with E-state index in [1.165, 1.54) is 0 Å². The quantitative estimate of drug-likeness (QED) is 0.857. The van der Waals surface area contributed by atoms with Crippen molar-refractivity contribution in [1.82, 2.24) is 10.3 Å². The highest BCUT2D eigenvalue weighted by molar-refractivity contribution is 6.33. The average molecular weight is 336 g/mol. The molecule has 0 aromatic carbocycles. The Morgan fingerprint density at radius 2 is 2.05 bits per heavy atom. The molecule has 1 amide bonds. The Morgan fingerprint density at radius 3 is 2.55 bits per heavy atom. The number of anilines is 1. The predicted molar refractivity (Wildman–Crippen MR) is 72.9 cm³/mol. The van der Waals surface area contributed by atoms with Crippen LogP contribution in [0.5, 0.6) is 0 Å². The van der Waals surface area contributed by atoms with Crippen molar-refractivity contribution >= 4 is 23.5 Å². The van der Waals surface area contributed by atoms with Crippen molar-refractivity contribution < 1.29 is 22.7 Å². The fourth-order valence-electron chi connectivity index (χ4n) is 2.73. The van der Waals surface area contributed by atoms with Gasteiger partial charge in [0, 0.05) is 32.1 Å². The lowest BCUT2D eigenvalue weighted by atomic mass is 9.91. The number of piperidine rings is 1. The second kappa shape index (κ2) is 5.19. The van der Waals surface area contributed by atoms with Crippen molar-refractivity contribution in [3.63, 3.8) is 0 Å². The number of alkyl carbamates (subject to hydrolysis) is 1. The van der Waals surface area contributed by atoms with Crippen LogP contribution in [0.2, 0.25) is 5.02 Å². The van der Waals surface area contributed by atoms with Crippen LogP contribution in [-0.4, -0.2) is 36.3 Å². The summed E-state index contributed by atoms with van der Waals surface area (Å²) in [5, 5.41) is 2.59. The van der Waals surface area contributed by atoms with Gasteiger partial charge in [-0.2, -0.15) is 13.2 Å². The second-order valence-electron chi connectivity index (χ2n) is 5.44. The van der Waals surface area contributed by atoms with Crippen LogP contribution in [0.1, 0.15) is 18.4 Å². The summed E-state index contributed by atoms with van der Waals surface area (Å²) in [7, 11) is 0. The molecule has 120 valence electrons. The van der Waals surface area contributed by atoms with Crippen molar-refractivity contribution in [1.29, 1.82) is 0 Å². The van der Waals surface area contributed by atoms with Gasteiger partial charge < -0.3 is 15.0 Å². The second-order valence-corrected chi connectivity index (χ2v) is 5.85. The van der Waals surface area contributed by atoms with Gasteiger partial charge in [-0.25, -0.2) is 9.78 Å². The molecule has 22 heavy (non-hydrogen) atoms. The molecule has 3 rings (SSSR count). The van der Waals surface area contributed by atoms with E-state index in [0.717, 1.165) is 12.3 Å². The molecule has 0 aliphatic carbocycles. The van der Waals surface area contributed by atoms with Crippen molar-refractivity contribution in [2.24, 2.45) is 0 Å². The minimum Gasteiger partial charge on any atom is -0.441 e. The third kappa shape index (κ3) is 2.79. The molecule has 0 atom stereocenters. The third-order valence-electron chi connectivity index (χ3n) is 3.99. The van der Waals surface area contributed by atoms with Gasteiger partial charge in [-0.3, -0.25) is 0 Å². The Kier molecular flexibility index (Phi) is 3.58. The number of nitrogens with zero attached hydrogens (tertiary/aromatic N) is 2. The molecular formula is C13H13ClF3N3O2. The van der Waals surface area contributed by atoms with Crippen LogP contribution in [0.15, 0.2) is 12.3 Å². The van der Waals surface area contributed by atoms with Crippen molar-refractivity contribution in [2.45, 2.75) is 24.6 Å². The third-order valence-corrected chi connectivity index (χ3v) is 4.27. The Balaban J connectivity index is 1.73. The molecule has 1 N–H and O–H groups in total. The zero-order valence-corrected chi connectivity index (χ0v) is 12.2. The summed E-state index contributed by atoms with van der Waals surface area (Å²) in [6, 6.07) is 0.880. The number of nitrogens with one attached hydrogen (secondary N) is 1. The topological polar surface area (TPSA) is 54.5 Å². The molecule has 9 heteroatoms. The van der Waals surface area contributed by atoms with Gasteiger partial charge in [0.15, 0.2) is 0 Å². The van der Waals surface area contributed by atoms with Crippen LogP contribution >= 0.6 is 11.6 Å². The molecule has 0 radical (unpaired) electrons. The van der Waals surface area contributed by atoms with Crippen molar-refractivity contribution in [3.8, 4) is 0 Å². The lowest BCUT2D eigenvalue weighted by Crippen LogP contribution is -2.47. The molecule has 2 saturated heterocycles. The van der Waals surface area contributed by atoms with Gasteiger partial charge in [0.25, 0.3) is 0 Å². The maximum atomic E-state index is 12.6. The molecular weight excluding hydrogens is 323 g/mol. The van der Waals surface area contributed by atoms with E-state index in [2.05, 4.69) is 10.3 Å². The Labute approximate surface area is 129 Å². The van der Waals surface area contributed by atoms with Crippen LogP contribution in [0, 0.1) is 0 Å². The Morgan fingerprint density at radius 1 is 1.36 bits per heavy atom. The number of aromatic nitrogens is 1. The minimum absolute atomic E-state index is 0.0349. The summed E-state index contributed by atoms with van der Waals surface area (Å²) >= 11 is 5.94. The normalized spacial score (nSPS) is 20.9. The zero-order valence-electron chi connectivity index (χ0n) is 11.4. The smallest absolute Gasteiger partial charge is 0.417 e. The number of halogens is 4. The summed E-state index contributed by atoms with van der Waals surface area (Å²) in [5.41, 5.74) is -1.39. The monoisotopic (exact) mass is 335 g/mol. The number of rotatable bonds is 1. The van der Waals surface area contributed by atoms with Gasteiger partial charge in [0.1, 0.15) is 11.4 Å². The SMILES string of the molecule is O=C1NCC2(CCN(c3ncc(C(F)(F)F)cc3Cl)CC2)O1. The van der Waals surface area contributed by atoms with Crippen LogP contribution in [0.4, 0.5) is 23.8 Å². The van der Waals surface area contributed by atoms with Gasteiger partial charge in [-0.15, -0.1) is 0 Å². The molecule has 1 spiro atoms. The molecule has 0 bridgehead atoms. The summed E-state index contributed by atoms with van der Waals surface area (Å²) in [6.07, 6.45) is -2.97. The number of hydrogen-bond donors (Lipinski definition) is 1. The fraction of sp³-hybridized carbons (Fsp3) is 0.538. The number of carbonyl (C=O) groups excluding carboxylic acids is 1. The lowest BCUT2D eigenvalue weighted by molar-refractivity contribution is -0.137. The van der Waals surface area contributed by atoms with Crippen LogP contribution in [-0.2, 0) is 10.9 Å². The Hall–Kier alpha value is -1.70. The lowest BCUT2D eigenvalue weighted by Gasteiger charge is -2.38. The van der Waals surface area contributed by atoms with Crippen LogP contribution in [0.25, 0.3) is 0 Å². The molecule has 0 saturated carbocycles. The number of hydrogen-bond acceptors (Lipinski definition) is 4. The van der Waals surface area contributed by atoms with Crippen molar-refractivity contribution in [2.75, 3.05) is 24.5 Å². The molecule has 2 aliphatic rings. The van der Waals surface area contributed by atoms with Crippen LogP contribution < -0.4 is 10.2 Å². The number of carbonyl (C=O) groups is 1. The van der Waals surface area contributed by atoms with E-state index in [9.17, 15) is 18.0 Å². The molecule has 5 nitrogen and oxygen atoms in total. The fourth-order valence-corrected chi connectivity index (χ4v) is 3.01. The van der Waals surface area contributed by atoms with Gasteiger partial charge in [-0.05, 0) is 6.07 Å². The summed E-state index contributed by atoms with van der Waals surface area (Å²) in [5.74, 6) is 0.321. The number of amides is 1. The van der Waals surface area contributed by atoms with Gasteiger partial charge in [-0.1, -0.05) is 11.6 Å². The highest BCUT2D eigenvalue weighted by Gasteiger charge is 2.43. The molecule has 0 unspecified atom stereocenters. The molecule has 1 aromatic rings. The average Bonchev–Trinajstić information content (AvgIpc) is 2.80. The minimum atomic E-state index is -4.47. The highest BCUT2D eigenvalue weighted by atomic mass is 35.5.